The molecule has 84 valence electrons. The van der Waals surface area contributed by atoms with Gasteiger partial charge in [0.05, 0.1) is 6.42 Å². The van der Waals surface area contributed by atoms with E-state index in [-0.39, 0.29) is 6.54 Å². The molecule has 0 aromatic rings. The summed E-state index contributed by atoms with van der Waals surface area (Å²) in [5.74, 6) is -2.70. The second-order valence-electron chi connectivity index (χ2n) is 2.63. The zero-order valence-electron chi connectivity index (χ0n) is 7.90. The van der Waals surface area contributed by atoms with Gasteiger partial charge in [-0.25, -0.2) is 9.59 Å². The van der Waals surface area contributed by atoms with Crippen molar-refractivity contribution in [1.29, 1.82) is 0 Å². The highest BCUT2D eigenvalue weighted by Crippen LogP contribution is 1.92. The number of carboxylic acids is 2. The lowest BCUT2D eigenvalue weighted by atomic mass is 10.2. The molecule has 7 heteroatoms. The minimum atomic E-state index is -1.44. The summed E-state index contributed by atoms with van der Waals surface area (Å²) in [6.45, 7) is 3.51. The lowest BCUT2D eigenvalue weighted by Gasteiger charge is -2.12. The summed E-state index contributed by atoms with van der Waals surface area (Å²) in [6.07, 6.45) is 0.739. The first-order valence-corrected chi connectivity index (χ1v) is 4.07. The van der Waals surface area contributed by atoms with Crippen LogP contribution in [0.3, 0.4) is 0 Å². The Morgan fingerprint density at radius 1 is 1.33 bits per heavy atom. The third-order valence-corrected chi connectivity index (χ3v) is 1.39. The van der Waals surface area contributed by atoms with Gasteiger partial charge >= 0.3 is 18.0 Å². The molecule has 0 aliphatic carbocycles. The molecular formula is C8H12N2O5. The van der Waals surface area contributed by atoms with E-state index >= 15 is 0 Å². The second-order valence-corrected chi connectivity index (χ2v) is 2.63. The Morgan fingerprint density at radius 2 is 1.93 bits per heavy atom. The molecule has 0 saturated carbocycles. The molecule has 0 aliphatic heterocycles. The van der Waals surface area contributed by atoms with Crippen molar-refractivity contribution in [2.45, 2.75) is 12.5 Å². The monoisotopic (exact) mass is 216 g/mol. The lowest BCUT2D eigenvalue weighted by molar-refractivity contribution is -0.145. The molecule has 0 saturated heterocycles. The van der Waals surface area contributed by atoms with E-state index < -0.39 is 30.4 Å². The molecule has 0 bridgehead atoms. The molecule has 0 aliphatic rings. The molecule has 0 heterocycles. The quantitative estimate of drug-likeness (QED) is 0.442. The van der Waals surface area contributed by atoms with Crippen molar-refractivity contribution < 1.29 is 24.6 Å². The van der Waals surface area contributed by atoms with Gasteiger partial charge in [-0.05, 0) is 0 Å². The largest absolute Gasteiger partial charge is 0.481 e. The van der Waals surface area contributed by atoms with E-state index in [1.807, 2.05) is 5.32 Å². The van der Waals surface area contributed by atoms with Gasteiger partial charge in [0.15, 0.2) is 0 Å². The molecule has 0 spiro atoms. The van der Waals surface area contributed by atoms with Crippen LogP contribution in [0.2, 0.25) is 0 Å². The lowest BCUT2D eigenvalue weighted by Crippen LogP contribution is -2.46. The average molecular weight is 216 g/mol. The first-order valence-electron chi connectivity index (χ1n) is 4.07. The fourth-order valence-electron chi connectivity index (χ4n) is 0.749. The molecule has 1 atom stereocenters. The smallest absolute Gasteiger partial charge is 0.326 e. The van der Waals surface area contributed by atoms with Gasteiger partial charge < -0.3 is 20.8 Å². The van der Waals surface area contributed by atoms with Gasteiger partial charge in [0.25, 0.3) is 0 Å². The number of nitrogens with one attached hydrogen (secondary N) is 2. The predicted octanol–water partition coefficient (Wildman–Crippen LogP) is -0.600. The number of rotatable bonds is 6. The normalized spacial score (nSPS) is 11.2. The van der Waals surface area contributed by atoms with Gasteiger partial charge in [0.2, 0.25) is 0 Å². The summed E-state index contributed by atoms with van der Waals surface area (Å²) in [5, 5.41) is 21.2. The summed E-state index contributed by atoms with van der Waals surface area (Å²) in [7, 11) is 0. The third-order valence-electron chi connectivity index (χ3n) is 1.39. The van der Waals surface area contributed by atoms with Crippen LogP contribution in [0, 0.1) is 0 Å². The minimum absolute atomic E-state index is 0.172. The van der Waals surface area contributed by atoms with Crippen LogP contribution in [0.4, 0.5) is 4.79 Å². The van der Waals surface area contributed by atoms with Crippen LogP contribution >= 0.6 is 0 Å². The van der Waals surface area contributed by atoms with Crippen molar-refractivity contribution in [2.24, 2.45) is 0 Å². The Kier molecular flexibility index (Phi) is 5.53. The summed E-state index contributed by atoms with van der Waals surface area (Å²) in [4.78, 5) is 31.7. The van der Waals surface area contributed by atoms with Crippen molar-refractivity contribution >= 4 is 18.0 Å². The highest BCUT2D eigenvalue weighted by Gasteiger charge is 2.22. The van der Waals surface area contributed by atoms with Gasteiger partial charge in [-0.2, -0.15) is 0 Å². The van der Waals surface area contributed by atoms with E-state index in [1.54, 1.807) is 0 Å². The average Bonchev–Trinajstić information content (AvgIpc) is 2.12. The van der Waals surface area contributed by atoms with Gasteiger partial charge in [0, 0.05) is 6.54 Å². The van der Waals surface area contributed by atoms with Gasteiger partial charge in [-0.1, -0.05) is 6.08 Å². The predicted molar refractivity (Wildman–Crippen MR) is 50.4 cm³/mol. The molecule has 0 aromatic carbocycles. The zero-order chi connectivity index (χ0) is 11.8. The number of hydrogen-bond donors (Lipinski definition) is 4. The van der Waals surface area contributed by atoms with Crippen molar-refractivity contribution in [3.63, 3.8) is 0 Å². The number of urea groups is 1. The number of carboxylic acid groups (broad SMARTS) is 2. The fraction of sp³-hybridized carbons (Fsp3) is 0.375. The van der Waals surface area contributed by atoms with E-state index in [2.05, 4.69) is 11.9 Å². The molecule has 4 N–H and O–H groups in total. The van der Waals surface area contributed by atoms with Crippen molar-refractivity contribution in [2.75, 3.05) is 6.54 Å². The van der Waals surface area contributed by atoms with Crippen LogP contribution in [-0.2, 0) is 9.59 Å². The SMILES string of the molecule is C=CCNC(=O)NC(CC(=O)O)C(=O)O. The van der Waals surface area contributed by atoms with Crippen LogP contribution in [0.25, 0.3) is 0 Å². The first kappa shape index (κ1) is 12.9. The molecular weight excluding hydrogens is 204 g/mol. The van der Waals surface area contributed by atoms with Crippen LogP contribution < -0.4 is 10.6 Å². The van der Waals surface area contributed by atoms with E-state index in [0.717, 1.165) is 0 Å². The maximum Gasteiger partial charge on any atom is 0.326 e. The second kappa shape index (κ2) is 6.41. The standard InChI is InChI=1S/C8H12N2O5/c1-2-3-9-8(15)10-5(7(13)14)4-6(11)12/h2,5H,1,3-4H2,(H,11,12)(H,13,14)(H2,9,10,15). The van der Waals surface area contributed by atoms with E-state index in [0.29, 0.717) is 0 Å². The van der Waals surface area contributed by atoms with Crippen molar-refractivity contribution in [3.8, 4) is 0 Å². The number of carbonyl (C=O) groups excluding carboxylic acids is 1. The van der Waals surface area contributed by atoms with Crippen LogP contribution in [0.5, 0.6) is 0 Å². The Morgan fingerprint density at radius 3 is 2.33 bits per heavy atom. The van der Waals surface area contributed by atoms with Crippen molar-refractivity contribution in [3.05, 3.63) is 12.7 Å². The zero-order valence-corrected chi connectivity index (χ0v) is 7.90. The van der Waals surface area contributed by atoms with Gasteiger partial charge in [0.1, 0.15) is 6.04 Å². The number of carbonyl (C=O) groups is 3. The number of hydrogen-bond acceptors (Lipinski definition) is 3. The summed E-state index contributed by atoms with van der Waals surface area (Å²) in [5.41, 5.74) is 0. The Bertz CT molecular complexity index is 276. The third kappa shape index (κ3) is 6.08. The molecule has 2 amide bonds. The summed E-state index contributed by atoms with van der Waals surface area (Å²) in [6, 6.07) is -2.18. The maximum absolute atomic E-state index is 11.0. The molecule has 0 radical (unpaired) electrons. The van der Waals surface area contributed by atoms with Crippen LogP contribution in [-0.4, -0.2) is 40.8 Å². The van der Waals surface area contributed by atoms with Gasteiger partial charge in [-0.3, -0.25) is 4.79 Å². The summed E-state index contributed by atoms with van der Waals surface area (Å²) >= 11 is 0. The molecule has 0 fully saturated rings. The molecule has 15 heavy (non-hydrogen) atoms. The highest BCUT2D eigenvalue weighted by molar-refractivity contribution is 5.86. The fourth-order valence-corrected chi connectivity index (χ4v) is 0.749. The van der Waals surface area contributed by atoms with Gasteiger partial charge in [-0.15, -0.1) is 6.58 Å². The molecule has 0 rings (SSSR count). The van der Waals surface area contributed by atoms with Crippen LogP contribution in [0.1, 0.15) is 6.42 Å². The Hall–Kier alpha value is -2.05. The highest BCUT2D eigenvalue weighted by atomic mass is 16.4. The van der Waals surface area contributed by atoms with Crippen LogP contribution in [0.15, 0.2) is 12.7 Å². The van der Waals surface area contributed by atoms with Crippen molar-refractivity contribution in [1.82, 2.24) is 10.6 Å². The maximum atomic E-state index is 11.0. The van der Waals surface area contributed by atoms with E-state index in [4.69, 9.17) is 10.2 Å². The molecule has 7 nitrogen and oxygen atoms in total. The number of amides is 2. The summed E-state index contributed by atoms with van der Waals surface area (Å²) < 4.78 is 0. The Balaban J connectivity index is 4.16. The topological polar surface area (TPSA) is 116 Å². The number of aliphatic carboxylic acids is 2. The Labute approximate surface area is 85.8 Å². The first-order chi connectivity index (χ1) is 6.97. The van der Waals surface area contributed by atoms with E-state index in [9.17, 15) is 14.4 Å². The molecule has 0 aromatic heterocycles. The van der Waals surface area contributed by atoms with E-state index in [1.165, 1.54) is 6.08 Å². The molecule has 1 unspecified atom stereocenters. The minimum Gasteiger partial charge on any atom is -0.481 e.